The average molecular weight is 435 g/mol. The summed E-state index contributed by atoms with van der Waals surface area (Å²) in [5.74, 6) is -1.28. The van der Waals surface area contributed by atoms with Crippen molar-refractivity contribution >= 4 is 46.7 Å². The molecule has 3 rings (SSSR count). The van der Waals surface area contributed by atoms with Crippen LogP contribution in [0, 0.1) is 5.92 Å². The van der Waals surface area contributed by atoms with Gasteiger partial charge in [0, 0.05) is 23.7 Å². The lowest BCUT2D eigenvalue weighted by atomic mass is 9.96. The third-order valence-corrected chi connectivity index (χ3v) is 5.40. The minimum Gasteiger partial charge on any atom is -0.465 e. The highest BCUT2D eigenvalue weighted by molar-refractivity contribution is 6.34. The largest absolute Gasteiger partial charge is 0.465 e. The number of halogens is 2. The fraction of sp³-hybridized carbons (Fsp3) is 0.286. The van der Waals surface area contributed by atoms with Gasteiger partial charge in [0.05, 0.1) is 29.3 Å². The number of nitrogens with zero attached hydrogens (tertiary/aromatic N) is 1. The second kappa shape index (κ2) is 9.29. The van der Waals surface area contributed by atoms with Gasteiger partial charge in [-0.3, -0.25) is 9.59 Å². The Labute approximate surface area is 178 Å². The summed E-state index contributed by atoms with van der Waals surface area (Å²) in [6.07, 6.45) is 1.37. The molecule has 8 heteroatoms. The van der Waals surface area contributed by atoms with Crippen molar-refractivity contribution in [3.63, 3.8) is 0 Å². The van der Waals surface area contributed by atoms with E-state index in [1.54, 1.807) is 29.2 Å². The quantitative estimate of drug-likeness (QED) is 0.728. The van der Waals surface area contributed by atoms with E-state index < -0.39 is 5.97 Å². The minimum absolute atomic E-state index is 0.134. The van der Waals surface area contributed by atoms with Crippen LogP contribution in [0.15, 0.2) is 42.5 Å². The third-order valence-electron chi connectivity index (χ3n) is 4.82. The Kier molecular flexibility index (Phi) is 6.77. The van der Waals surface area contributed by atoms with Crippen LogP contribution in [0.3, 0.4) is 0 Å². The number of rotatable bonds is 4. The number of hydrogen-bond donors (Lipinski definition) is 1. The Morgan fingerprint density at radius 1 is 1.07 bits per heavy atom. The van der Waals surface area contributed by atoms with E-state index in [4.69, 9.17) is 27.9 Å². The topological polar surface area (TPSA) is 75.7 Å². The second-order valence-electron chi connectivity index (χ2n) is 6.77. The van der Waals surface area contributed by atoms with Gasteiger partial charge in [-0.15, -0.1) is 0 Å². The van der Waals surface area contributed by atoms with Crippen molar-refractivity contribution in [3.8, 4) is 0 Å². The molecule has 6 nitrogen and oxygen atoms in total. The van der Waals surface area contributed by atoms with Crippen molar-refractivity contribution in [3.05, 3.63) is 63.6 Å². The van der Waals surface area contributed by atoms with Crippen LogP contribution in [-0.4, -0.2) is 42.9 Å². The van der Waals surface area contributed by atoms with E-state index in [1.807, 2.05) is 0 Å². The maximum Gasteiger partial charge on any atom is 0.337 e. The zero-order valence-electron chi connectivity index (χ0n) is 15.8. The van der Waals surface area contributed by atoms with Crippen LogP contribution in [0.25, 0.3) is 0 Å². The van der Waals surface area contributed by atoms with Gasteiger partial charge >= 0.3 is 5.97 Å². The molecule has 1 fully saturated rings. The number of anilines is 1. The van der Waals surface area contributed by atoms with E-state index in [-0.39, 0.29) is 23.3 Å². The summed E-state index contributed by atoms with van der Waals surface area (Å²) in [6, 6.07) is 11.2. The van der Waals surface area contributed by atoms with Gasteiger partial charge in [0.25, 0.3) is 5.91 Å². The minimum atomic E-state index is -0.519. The molecule has 1 aliphatic rings. The first-order valence-electron chi connectivity index (χ1n) is 9.12. The van der Waals surface area contributed by atoms with Crippen molar-refractivity contribution in [2.45, 2.75) is 12.8 Å². The van der Waals surface area contributed by atoms with Crippen LogP contribution >= 0.6 is 23.2 Å². The van der Waals surface area contributed by atoms with E-state index >= 15 is 0 Å². The van der Waals surface area contributed by atoms with E-state index in [0.29, 0.717) is 47.2 Å². The van der Waals surface area contributed by atoms with Crippen LogP contribution in [-0.2, 0) is 9.53 Å². The highest BCUT2D eigenvalue weighted by Crippen LogP contribution is 2.26. The molecule has 2 aromatic carbocycles. The summed E-state index contributed by atoms with van der Waals surface area (Å²) in [7, 11) is 1.28. The number of likely N-dealkylation sites (tertiary alicyclic amines) is 1. The SMILES string of the molecule is COC(=O)c1ccc(Cl)c(NC(=O)C2CCCN(C(=O)c3ccc(Cl)cc3)C2)c1. The van der Waals surface area contributed by atoms with Gasteiger partial charge in [-0.25, -0.2) is 4.79 Å². The molecule has 1 N–H and O–H groups in total. The summed E-state index contributed by atoms with van der Waals surface area (Å²) in [6.45, 7) is 0.894. The molecule has 0 saturated carbocycles. The number of hydrogen-bond acceptors (Lipinski definition) is 4. The molecule has 2 aromatic rings. The lowest BCUT2D eigenvalue weighted by molar-refractivity contribution is -0.121. The van der Waals surface area contributed by atoms with Crippen molar-refractivity contribution in [1.29, 1.82) is 0 Å². The Morgan fingerprint density at radius 3 is 2.45 bits per heavy atom. The molecule has 2 amide bonds. The molecule has 1 heterocycles. The van der Waals surface area contributed by atoms with Crippen molar-refractivity contribution in [1.82, 2.24) is 4.90 Å². The van der Waals surface area contributed by atoms with Gasteiger partial charge in [-0.2, -0.15) is 0 Å². The Balaban J connectivity index is 1.69. The normalized spacial score (nSPS) is 16.2. The first kappa shape index (κ1) is 21.1. The van der Waals surface area contributed by atoms with Crippen LogP contribution < -0.4 is 5.32 Å². The molecule has 0 bridgehead atoms. The molecule has 0 aliphatic carbocycles. The fourth-order valence-corrected chi connectivity index (χ4v) is 3.54. The summed E-state index contributed by atoms with van der Waals surface area (Å²) in [5, 5.41) is 3.65. The molecule has 1 atom stereocenters. The number of piperidine rings is 1. The number of carbonyl (C=O) groups is 3. The first-order chi connectivity index (χ1) is 13.9. The highest BCUT2D eigenvalue weighted by atomic mass is 35.5. The number of benzene rings is 2. The third kappa shape index (κ3) is 5.08. The monoisotopic (exact) mass is 434 g/mol. The molecule has 152 valence electrons. The number of esters is 1. The Bertz CT molecular complexity index is 931. The van der Waals surface area contributed by atoms with E-state index in [1.165, 1.54) is 25.3 Å². The van der Waals surface area contributed by atoms with Gasteiger partial charge in [0.2, 0.25) is 5.91 Å². The van der Waals surface area contributed by atoms with Crippen molar-refractivity contribution < 1.29 is 19.1 Å². The first-order valence-corrected chi connectivity index (χ1v) is 9.88. The van der Waals surface area contributed by atoms with Crippen molar-refractivity contribution in [2.24, 2.45) is 5.92 Å². The molecule has 29 heavy (non-hydrogen) atoms. The lowest BCUT2D eigenvalue weighted by Crippen LogP contribution is -2.43. The average Bonchev–Trinajstić information content (AvgIpc) is 2.74. The molecular weight excluding hydrogens is 415 g/mol. The van der Waals surface area contributed by atoms with Gasteiger partial charge in [-0.05, 0) is 55.3 Å². The number of methoxy groups -OCH3 is 1. The Hall–Kier alpha value is -2.57. The molecule has 1 saturated heterocycles. The molecule has 1 aliphatic heterocycles. The summed E-state index contributed by atoms with van der Waals surface area (Å²) in [4.78, 5) is 38.9. The summed E-state index contributed by atoms with van der Waals surface area (Å²) < 4.78 is 4.70. The maximum atomic E-state index is 12.8. The molecule has 0 spiro atoms. The van der Waals surface area contributed by atoms with Gasteiger partial charge in [0.15, 0.2) is 0 Å². The van der Waals surface area contributed by atoms with Gasteiger partial charge in [0.1, 0.15) is 0 Å². The zero-order valence-corrected chi connectivity index (χ0v) is 17.3. The van der Waals surface area contributed by atoms with E-state index in [9.17, 15) is 14.4 Å². The standard InChI is InChI=1S/C21H20Cl2N2O4/c1-29-21(28)14-6-9-17(23)18(11-14)24-19(26)15-3-2-10-25(12-15)20(27)13-4-7-16(22)8-5-13/h4-9,11,15H,2-3,10,12H2,1H3,(H,24,26). The number of ether oxygens (including phenoxy) is 1. The van der Waals surface area contributed by atoms with Crippen molar-refractivity contribution in [2.75, 3.05) is 25.5 Å². The molecule has 0 aromatic heterocycles. The van der Waals surface area contributed by atoms with Crippen LogP contribution in [0.5, 0.6) is 0 Å². The maximum absolute atomic E-state index is 12.8. The number of nitrogens with one attached hydrogen (secondary N) is 1. The van der Waals surface area contributed by atoms with Crippen LogP contribution in [0.2, 0.25) is 10.0 Å². The fourth-order valence-electron chi connectivity index (χ4n) is 3.25. The number of carbonyl (C=O) groups excluding carboxylic acids is 3. The van der Waals surface area contributed by atoms with Gasteiger partial charge in [-0.1, -0.05) is 23.2 Å². The summed E-state index contributed by atoms with van der Waals surface area (Å²) in [5.41, 5.74) is 1.15. The van der Waals surface area contributed by atoms with Gasteiger partial charge < -0.3 is 15.0 Å². The predicted molar refractivity (Wildman–Crippen MR) is 112 cm³/mol. The van der Waals surface area contributed by atoms with E-state index in [2.05, 4.69) is 5.32 Å². The molecule has 0 radical (unpaired) electrons. The molecule has 1 unspecified atom stereocenters. The summed E-state index contributed by atoms with van der Waals surface area (Å²) >= 11 is 12.0. The van der Waals surface area contributed by atoms with Crippen LogP contribution in [0.1, 0.15) is 33.6 Å². The number of amides is 2. The van der Waals surface area contributed by atoms with E-state index in [0.717, 1.165) is 0 Å². The zero-order chi connectivity index (χ0) is 21.0. The van der Waals surface area contributed by atoms with Crippen LogP contribution in [0.4, 0.5) is 5.69 Å². The Morgan fingerprint density at radius 2 is 1.76 bits per heavy atom. The second-order valence-corrected chi connectivity index (χ2v) is 7.62. The smallest absolute Gasteiger partial charge is 0.337 e. The predicted octanol–water partition coefficient (Wildman–Crippen LogP) is 4.27. The lowest BCUT2D eigenvalue weighted by Gasteiger charge is -2.32. The highest BCUT2D eigenvalue weighted by Gasteiger charge is 2.29. The molecular formula is C21H20Cl2N2O4.